The number of imidazole rings is 1. The van der Waals surface area contributed by atoms with Crippen LogP contribution in [-0.4, -0.2) is 28.5 Å². The Morgan fingerprint density at radius 3 is 2.82 bits per heavy atom. The van der Waals surface area contributed by atoms with Crippen molar-refractivity contribution in [3.05, 3.63) is 30.6 Å². The molecule has 17 heavy (non-hydrogen) atoms. The molecule has 0 saturated heterocycles. The smallest absolute Gasteiger partial charge is 0.117 e. The fraction of sp³-hybridized carbons (Fsp3) is 0.273. The molecule has 0 unspecified atom stereocenters. The lowest BCUT2D eigenvalue weighted by molar-refractivity contribution is 0.851. The number of fused-ring (bicyclic) bond motifs is 1. The van der Waals surface area contributed by atoms with Crippen LogP contribution in [0.1, 0.15) is 0 Å². The molecule has 0 saturated carbocycles. The number of para-hydroxylation sites is 2. The van der Waals surface area contributed by atoms with Gasteiger partial charge in [0.15, 0.2) is 0 Å². The van der Waals surface area contributed by atoms with Crippen LogP contribution in [0.25, 0.3) is 11.0 Å². The number of hydrogen-bond donors (Lipinski definition) is 1. The molecule has 6 heteroatoms. The number of hydrogen-bond acceptors (Lipinski definition) is 3. The fourth-order valence-corrected chi connectivity index (χ4v) is 1.85. The van der Waals surface area contributed by atoms with Crippen molar-refractivity contribution in [1.82, 2.24) is 14.9 Å². The van der Waals surface area contributed by atoms with E-state index in [0.29, 0.717) is 0 Å². The maximum absolute atomic E-state index is 4.37. The van der Waals surface area contributed by atoms with Crippen molar-refractivity contribution in [2.24, 2.45) is 4.99 Å². The Hall–Kier alpha value is -1.26. The Balaban J connectivity index is 0.000000722. The molecule has 0 radical (unpaired) electrons. The van der Waals surface area contributed by atoms with Crippen LogP contribution in [0, 0.1) is 0 Å². The van der Waals surface area contributed by atoms with Gasteiger partial charge in [-0.05, 0) is 12.1 Å². The standard InChI is InChI=1S/C11H12N4.2ClH/c1-2-4-10-9(3-1)14-8-15(10)7-11-12-5-6-13-11;;/h1-4,8H,5-7H2,(H,12,13);2*1H. The van der Waals surface area contributed by atoms with Crippen molar-refractivity contribution in [2.45, 2.75) is 6.54 Å². The zero-order chi connectivity index (χ0) is 10.1. The largest absolute Gasteiger partial charge is 0.370 e. The molecule has 4 nitrogen and oxygen atoms in total. The number of rotatable bonds is 2. The zero-order valence-corrected chi connectivity index (χ0v) is 10.8. The highest BCUT2D eigenvalue weighted by atomic mass is 35.5. The van der Waals surface area contributed by atoms with Crippen molar-refractivity contribution < 1.29 is 0 Å². The predicted octanol–water partition coefficient (Wildman–Crippen LogP) is 1.88. The maximum atomic E-state index is 4.37. The summed E-state index contributed by atoms with van der Waals surface area (Å²) in [6.45, 7) is 2.64. The van der Waals surface area contributed by atoms with Gasteiger partial charge in [-0.2, -0.15) is 0 Å². The molecular formula is C11H14Cl2N4. The van der Waals surface area contributed by atoms with Crippen LogP contribution in [0.2, 0.25) is 0 Å². The van der Waals surface area contributed by atoms with Gasteiger partial charge in [0, 0.05) is 6.54 Å². The van der Waals surface area contributed by atoms with Gasteiger partial charge in [-0.3, -0.25) is 4.99 Å². The Kier molecular flexibility index (Phi) is 4.78. The molecule has 2 aromatic rings. The van der Waals surface area contributed by atoms with Crippen LogP contribution in [0.5, 0.6) is 0 Å². The Bertz CT molecular complexity index is 521. The van der Waals surface area contributed by atoms with E-state index in [2.05, 4.69) is 25.9 Å². The Morgan fingerprint density at radius 1 is 1.24 bits per heavy atom. The summed E-state index contributed by atoms with van der Waals surface area (Å²) in [5.41, 5.74) is 2.20. The minimum Gasteiger partial charge on any atom is -0.370 e. The van der Waals surface area contributed by atoms with Gasteiger partial charge in [-0.1, -0.05) is 12.1 Å². The summed E-state index contributed by atoms with van der Waals surface area (Å²) in [7, 11) is 0. The van der Waals surface area contributed by atoms with Crippen molar-refractivity contribution in [1.29, 1.82) is 0 Å². The van der Waals surface area contributed by atoms with Gasteiger partial charge in [0.1, 0.15) is 5.84 Å². The summed E-state index contributed by atoms with van der Waals surface area (Å²) in [5.74, 6) is 1.05. The molecule has 3 rings (SSSR count). The number of nitrogens with zero attached hydrogens (tertiary/aromatic N) is 3. The topological polar surface area (TPSA) is 42.2 Å². The van der Waals surface area contributed by atoms with Crippen molar-refractivity contribution in [3.8, 4) is 0 Å². The maximum Gasteiger partial charge on any atom is 0.117 e. The van der Waals surface area contributed by atoms with Crippen LogP contribution in [0.3, 0.4) is 0 Å². The minimum atomic E-state index is 0. The van der Waals surface area contributed by atoms with Crippen LogP contribution in [-0.2, 0) is 6.54 Å². The number of amidine groups is 1. The molecule has 0 spiro atoms. The second-order valence-electron chi connectivity index (χ2n) is 3.62. The summed E-state index contributed by atoms with van der Waals surface area (Å²) >= 11 is 0. The van der Waals surface area contributed by atoms with Crippen LogP contribution >= 0.6 is 24.8 Å². The molecule has 0 amide bonds. The molecule has 0 bridgehead atoms. The van der Waals surface area contributed by atoms with E-state index in [4.69, 9.17) is 0 Å². The Morgan fingerprint density at radius 2 is 2.06 bits per heavy atom. The average molecular weight is 273 g/mol. The van der Waals surface area contributed by atoms with Gasteiger partial charge in [0.25, 0.3) is 0 Å². The van der Waals surface area contributed by atoms with E-state index in [1.807, 2.05) is 24.5 Å². The molecule has 1 aliphatic rings. The monoisotopic (exact) mass is 272 g/mol. The Labute approximate surface area is 112 Å². The highest BCUT2D eigenvalue weighted by Gasteiger charge is 2.07. The summed E-state index contributed by atoms with van der Waals surface area (Å²) in [5, 5.41) is 3.26. The van der Waals surface area contributed by atoms with Gasteiger partial charge in [-0.25, -0.2) is 4.98 Å². The van der Waals surface area contributed by atoms with Crippen LogP contribution < -0.4 is 5.32 Å². The van der Waals surface area contributed by atoms with E-state index < -0.39 is 0 Å². The second kappa shape index (κ2) is 5.89. The average Bonchev–Trinajstić information content (AvgIpc) is 2.89. The van der Waals surface area contributed by atoms with Crippen LogP contribution in [0.15, 0.2) is 35.6 Å². The number of aliphatic imine (C=N–C) groups is 1. The lowest BCUT2D eigenvalue weighted by Gasteiger charge is -2.04. The number of aromatic nitrogens is 2. The van der Waals surface area contributed by atoms with E-state index >= 15 is 0 Å². The molecule has 0 fully saturated rings. The van der Waals surface area contributed by atoms with Gasteiger partial charge in [0.2, 0.25) is 0 Å². The summed E-state index contributed by atoms with van der Waals surface area (Å²) in [6, 6.07) is 8.14. The van der Waals surface area contributed by atoms with Crippen LogP contribution in [0.4, 0.5) is 0 Å². The molecule has 1 aromatic carbocycles. The quantitative estimate of drug-likeness (QED) is 0.907. The van der Waals surface area contributed by atoms with Crippen molar-refractivity contribution in [3.63, 3.8) is 0 Å². The van der Waals surface area contributed by atoms with Gasteiger partial charge in [-0.15, -0.1) is 24.8 Å². The lowest BCUT2D eigenvalue weighted by Crippen LogP contribution is -2.23. The normalized spacial score (nSPS) is 13.5. The fourth-order valence-electron chi connectivity index (χ4n) is 1.85. The molecule has 0 aliphatic carbocycles. The van der Waals surface area contributed by atoms with E-state index in [9.17, 15) is 0 Å². The third kappa shape index (κ3) is 2.70. The molecular weight excluding hydrogens is 259 g/mol. The SMILES string of the molecule is Cl.Cl.c1ccc2c(c1)ncn2CC1=NCCN1. The van der Waals surface area contributed by atoms with Gasteiger partial charge in [0.05, 0.1) is 30.5 Å². The molecule has 1 N–H and O–H groups in total. The van der Waals surface area contributed by atoms with Gasteiger partial charge >= 0.3 is 0 Å². The third-order valence-electron chi connectivity index (χ3n) is 2.59. The molecule has 2 heterocycles. The van der Waals surface area contributed by atoms with E-state index in [-0.39, 0.29) is 24.8 Å². The van der Waals surface area contributed by atoms with E-state index in [0.717, 1.165) is 36.5 Å². The molecule has 0 atom stereocenters. The van der Waals surface area contributed by atoms with Crippen molar-refractivity contribution in [2.75, 3.05) is 13.1 Å². The lowest BCUT2D eigenvalue weighted by atomic mass is 10.3. The first-order valence-electron chi connectivity index (χ1n) is 5.10. The first-order valence-corrected chi connectivity index (χ1v) is 5.10. The first-order chi connectivity index (χ1) is 7.43. The summed E-state index contributed by atoms with van der Waals surface area (Å²) < 4.78 is 2.12. The molecule has 92 valence electrons. The molecule has 1 aliphatic heterocycles. The highest BCUT2D eigenvalue weighted by molar-refractivity contribution is 5.86. The number of nitrogens with one attached hydrogen (secondary N) is 1. The molecule has 1 aromatic heterocycles. The third-order valence-corrected chi connectivity index (χ3v) is 2.59. The second-order valence-corrected chi connectivity index (χ2v) is 3.62. The van der Waals surface area contributed by atoms with E-state index in [1.54, 1.807) is 0 Å². The number of benzene rings is 1. The predicted molar refractivity (Wildman–Crippen MR) is 74.5 cm³/mol. The zero-order valence-electron chi connectivity index (χ0n) is 9.17. The van der Waals surface area contributed by atoms with E-state index in [1.165, 1.54) is 0 Å². The first kappa shape index (κ1) is 13.8. The van der Waals surface area contributed by atoms with Crippen molar-refractivity contribution >= 4 is 41.7 Å². The van der Waals surface area contributed by atoms with Gasteiger partial charge < -0.3 is 9.88 Å². The number of halogens is 2. The summed E-state index contributed by atoms with van der Waals surface area (Å²) in [6.07, 6.45) is 1.87. The summed E-state index contributed by atoms with van der Waals surface area (Å²) in [4.78, 5) is 8.72. The highest BCUT2D eigenvalue weighted by Crippen LogP contribution is 2.11. The minimum absolute atomic E-state index is 0.